The summed E-state index contributed by atoms with van der Waals surface area (Å²) < 4.78 is 46.9. The van der Waals surface area contributed by atoms with Crippen LogP contribution in [0.25, 0.3) is 0 Å². The van der Waals surface area contributed by atoms with Crippen molar-refractivity contribution in [1.82, 2.24) is 4.90 Å². The topological polar surface area (TPSA) is 24.5 Å². The second kappa shape index (κ2) is 8.18. The molecular formula is C18H17F3N2OS2. The Morgan fingerprint density at radius 1 is 1.23 bits per heavy atom. The molecule has 3 nitrogen and oxygen atoms in total. The maximum absolute atomic E-state index is 14.1. The third-order valence-corrected chi connectivity index (χ3v) is 5.42. The van der Waals surface area contributed by atoms with E-state index in [9.17, 15) is 13.2 Å². The lowest BCUT2D eigenvalue weighted by Crippen LogP contribution is -2.34. The van der Waals surface area contributed by atoms with Gasteiger partial charge in [-0.2, -0.15) is 0 Å². The molecule has 2 aromatic rings. The summed E-state index contributed by atoms with van der Waals surface area (Å²) in [5, 5.41) is 2.79. The van der Waals surface area contributed by atoms with Crippen molar-refractivity contribution in [1.29, 1.82) is 0 Å². The van der Waals surface area contributed by atoms with Crippen molar-refractivity contribution in [3.05, 3.63) is 59.4 Å². The molecule has 1 N–H and O–H groups in total. The van der Waals surface area contributed by atoms with Gasteiger partial charge in [-0.05, 0) is 43.4 Å². The smallest absolute Gasteiger partial charge is 0.174 e. The number of nitrogens with one attached hydrogen (secondary N) is 1. The molecule has 2 aromatic carbocycles. The van der Waals surface area contributed by atoms with Gasteiger partial charge in [0.25, 0.3) is 0 Å². The number of anilines is 1. The molecule has 0 unspecified atom stereocenters. The van der Waals surface area contributed by atoms with E-state index in [1.54, 1.807) is 4.90 Å². The zero-order chi connectivity index (χ0) is 18.7. The van der Waals surface area contributed by atoms with E-state index >= 15 is 0 Å². The molecule has 26 heavy (non-hydrogen) atoms. The maximum Gasteiger partial charge on any atom is 0.174 e. The summed E-state index contributed by atoms with van der Waals surface area (Å²) in [5.41, 5.74) is 0.568. The first kappa shape index (κ1) is 18.8. The average Bonchev–Trinajstić information content (AvgIpc) is 3.05. The van der Waals surface area contributed by atoms with Gasteiger partial charge in [-0.25, -0.2) is 13.2 Å². The molecule has 0 aliphatic carbocycles. The van der Waals surface area contributed by atoms with Crippen molar-refractivity contribution < 1.29 is 17.9 Å². The van der Waals surface area contributed by atoms with Crippen molar-refractivity contribution in [2.45, 2.75) is 12.3 Å². The van der Waals surface area contributed by atoms with Gasteiger partial charge in [0, 0.05) is 30.1 Å². The molecular weight excluding hydrogens is 381 g/mol. The number of hydrogen-bond acceptors (Lipinski definition) is 3. The van der Waals surface area contributed by atoms with E-state index in [0.717, 1.165) is 11.4 Å². The Hall–Kier alpha value is -1.93. The second-order valence-electron chi connectivity index (χ2n) is 5.59. The van der Waals surface area contributed by atoms with Crippen molar-refractivity contribution in [3.63, 3.8) is 0 Å². The van der Waals surface area contributed by atoms with Gasteiger partial charge in [0.05, 0.1) is 12.2 Å². The van der Waals surface area contributed by atoms with Crippen LogP contribution in [0.2, 0.25) is 0 Å². The SMILES string of the molecule is CCOc1ccc(NC(=S)N2CCS[C@@H]2c2c(F)cc(F)cc2F)cc1. The summed E-state index contributed by atoms with van der Waals surface area (Å²) in [7, 11) is 0. The molecule has 3 rings (SSSR count). The predicted molar refractivity (Wildman–Crippen MR) is 102 cm³/mol. The van der Waals surface area contributed by atoms with Gasteiger partial charge < -0.3 is 15.0 Å². The van der Waals surface area contributed by atoms with Gasteiger partial charge in [0.1, 0.15) is 28.6 Å². The fourth-order valence-electron chi connectivity index (χ4n) is 2.70. The number of ether oxygens (including phenoxy) is 1. The lowest BCUT2D eigenvalue weighted by molar-refractivity contribution is 0.340. The van der Waals surface area contributed by atoms with Crippen molar-refractivity contribution in [2.75, 3.05) is 24.2 Å². The van der Waals surface area contributed by atoms with Crippen molar-refractivity contribution >= 4 is 34.8 Å². The maximum atomic E-state index is 14.1. The first-order chi connectivity index (χ1) is 12.5. The highest BCUT2D eigenvalue weighted by atomic mass is 32.2. The van der Waals surface area contributed by atoms with Crippen LogP contribution in [0.3, 0.4) is 0 Å². The Bertz CT molecular complexity index is 779. The highest BCUT2D eigenvalue weighted by molar-refractivity contribution is 7.99. The van der Waals surface area contributed by atoms with Crippen LogP contribution in [-0.2, 0) is 0 Å². The molecule has 0 saturated carbocycles. The quantitative estimate of drug-likeness (QED) is 0.735. The predicted octanol–water partition coefficient (Wildman–Crippen LogP) is 4.95. The van der Waals surface area contributed by atoms with Crippen LogP contribution in [0.1, 0.15) is 17.9 Å². The fourth-order valence-corrected chi connectivity index (χ4v) is 4.39. The number of halogens is 3. The molecule has 1 fully saturated rings. The normalized spacial score (nSPS) is 16.6. The molecule has 0 bridgehead atoms. The molecule has 8 heteroatoms. The minimum Gasteiger partial charge on any atom is -0.494 e. The minimum atomic E-state index is -0.937. The average molecular weight is 398 g/mol. The van der Waals surface area contributed by atoms with Crippen molar-refractivity contribution in [2.24, 2.45) is 0 Å². The van der Waals surface area contributed by atoms with Crippen LogP contribution in [0.4, 0.5) is 18.9 Å². The van der Waals surface area contributed by atoms with Gasteiger partial charge in [-0.15, -0.1) is 11.8 Å². The molecule has 1 saturated heterocycles. The van der Waals surface area contributed by atoms with E-state index in [-0.39, 0.29) is 5.56 Å². The molecule has 0 amide bonds. The van der Waals surface area contributed by atoms with Crippen molar-refractivity contribution in [3.8, 4) is 5.75 Å². The Morgan fingerprint density at radius 3 is 2.50 bits per heavy atom. The Balaban J connectivity index is 1.76. The van der Waals surface area contributed by atoms with Crippen LogP contribution in [-0.4, -0.2) is 28.9 Å². The molecule has 0 radical (unpaired) electrons. The number of thioether (sulfide) groups is 1. The van der Waals surface area contributed by atoms with E-state index in [4.69, 9.17) is 17.0 Å². The van der Waals surface area contributed by atoms with Crippen LogP contribution in [0, 0.1) is 17.5 Å². The number of rotatable bonds is 4. The highest BCUT2D eigenvalue weighted by Crippen LogP contribution is 2.40. The molecule has 1 aliphatic heterocycles. The van der Waals surface area contributed by atoms with Gasteiger partial charge in [0.2, 0.25) is 0 Å². The minimum absolute atomic E-state index is 0.176. The molecule has 1 atom stereocenters. The third-order valence-electron chi connectivity index (χ3n) is 3.86. The lowest BCUT2D eigenvalue weighted by atomic mass is 10.1. The molecule has 0 aromatic heterocycles. The molecule has 1 aliphatic rings. The summed E-state index contributed by atoms with van der Waals surface area (Å²) in [6.07, 6.45) is 0. The number of hydrogen-bond donors (Lipinski definition) is 1. The van der Waals surface area contributed by atoms with Crippen LogP contribution >= 0.6 is 24.0 Å². The van der Waals surface area contributed by atoms with Crippen LogP contribution in [0.5, 0.6) is 5.75 Å². The van der Waals surface area contributed by atoms with E-state index in [2.05, 4.69) is 5.32 Å². The number of benzene rings is 2. The fraction of sp³-hybridized carbons (Fsp3) is 0.278. The summed E-state index contributed by atoms with van der Waals surface area (Å²) in [4.78, 5) is 1.70. The van der Waals surface area contributed by atoms with Gasteiger partial charge in [-0.1, -0.05) is 0 Å². The summed E-state index contributed by atoms with van der Waals surface area (Å²) in [6, 6.07) is 8.63. The van der Waals surface area contributed by atoms with Crippen LogP contribution < -0.4 is 10.1 Å². The molecule has 0 spiro atoms. The second-order valence-corrected chi connectivity index (χ2v) is 7.16. The standard InChI is InChI=1S/C18H17F3N2OS2/c1-2-24-13-5-3-12(4-6-13)22-18(25)23-7-8-26-17(23)16-14(20)9-11(19)10-15(16)21/h3-6,9-10,17H,2,7-8H2,1H3,(H,22,25)/t17-/m1/s1. The van der Waals surface area contributed by atoms with Crippen LogP contribution in [0.15, 0.2) is 36.4 Å². The van der Waals surface area contributed by atoms with Gasteiger partial charge >= 0.3 is 0 Å². The molecule has 1 heterocycles. The van der Waals surface area contributed by atoms with Gasteiger partial charge in [0.15, 0.2) is 5.11 Å². The third kappa shape index (κ3) is 4.07. The lowest BCUT2D eigenvalue weighted by Gasteiger charge is -2.27. The number of nitrogens with zero attached hydrogens (tertiary/aromatic N) is 1. The monoisotopic (exact) mass is 398 g/mol. The molecule has 138 valence electrons. The Kier molecular flexibility index (Phi) is 5.93. The van der Waals surface area contributed by atoms with Gasteiger partial charge in [-0.3, -0.25) is 0 Å². The largest absolute Gasteiger partial charge is 0.494 e. The Labute approximate surface area is 159 Å². The van der Waals surface area contributed by atoms with E-state index in [1.165, 1.54) is 11.8 Å². The van der Waals surface area contributed by atoms with E-state index < -0.39 is 22.8 Å². The Morgan fingerprint density at radius 2 is 1.88 bits per heavy atom. The number of thiocarbonyl (C=S) groups is 1. The zero-order valence-corrected chi connectivity index (χ0v) is 15.6. The summed E-state index contributed by atoms with van der Waals surface area (Å²) in [5.74, 6) is -1.35. The summed E-state index contributed by atoms with van der Waals surface area (Å²) in [6.45, 7) is 3.02. The van der Waals surface area contributed by atoms with E-state index in [1.807, 2.05) is 31.2 Å². The van der Waals surface area contributed by atoms with E-state index in [0.29, 0.717) is 36.1 Å². The zero-order valence-electron chi connectivity index (χ0n) is 14.0. The highest BCUT2D eigenvalue weighted by Gasteiger charge is 2.33. The first-order valence-electron chi connectivity index (χ1n) is 8.06. The summed E-state index contributed by atoms with van der Waals surface area (Å²) >= 11 is 6.78. The first-order valence-corrected chi connectivity index (χ1v) is 9.52.